The molecule has 0 heterocycles. The Morgan fingerprint density at radius 2 is 2.06 bits per heavy atom. The van der Waals surface area contributed by atoms with Crippen LogP contribution in [0, 0.1) is 0 Å². The number of nitrogens with one attached hydrogen (secondary N) is 1. The van der Waals surface area contributed by atoms with Gasteiger partial charge in [0, 0.05) is 10.7 Å². The molecule has 6 heteroatoms. The maximum Gasteiger partial charge on any atom is 0.254 e. The highest BCUT2D eigenvalue weighted by Gasteiger charge is 2.29. The molecule has 0 fully saturated rings. The van der Waals surface area contributed by atoms with E-state index < -0.39 is 11.4 Å². The maximum atomic E-state index is 12.0. The number of nitrogens with two attached hydrogens (primary N) is 1. The number of anilines is 1. The Kier molecular flexibility index (Phi) is 4.95. The van der Waals surface area contributed by atoms with E-state index in [1.54, 1.807) is 13.0 Å². The van der Waals surface area contributed by atoms with Crippen molar-refractivity contribution < 1.29 is 15.0 Å². The van der Waals surface area contributed by atoms with E-state index in [0.717, 1.165) is 0 Å². The summed E-state index contributed by atoms with van der Waals surface area (Å²) in [5, 5.41) is 21.5. The quantitative estimate of drug-likeness (QED) is 0.596. The molecular formula is C12H17ClN2O3. The summed E-state index contributed by atoms with van der Waals surface area (Å²) in [6.07, 6.45) is 0.395. The van der Waals surface area contributed by atoms with Crippen LogP contribution in [0.15, 0.2) is 18.2 Å². The minimum absolute atomic E-state index is 0.224. The minimum atomic E-state index is -1.05. The van der Waals surface area contributed by atoms with Gasteiger partial charge < -0.3 is 21.3 Å². The van der Waals surface area contributed by atoms with E-state index >= 15 is 0 Å². The summed E-state index contributed by atoms with van der Waals surface area (Å²) in [6, 6.07) is 4.56. The molecule has 1 rings (SSSR count). The summed E-state index contributed by atoms with van der Waals surface area (Å²) in [6.45, 7) is 1.05. The predicted molar refractivity (Wildman–Crippen MR) is 70.5 cm³/mol. The fraction of sp³-hybridized carbons (Fsp3) is 0.417. The average Bonchev–Trinajstić information content (AvgIpc) is 2.38. The van der Waals surface area contributed by atoms with Crippen molar-refractivity contribution in [2.24, 2.45) is 0 Å². The van der Waals surface area contributed by atoms with Crippen molar-refractivity contribution in [3.8, 4) is 0 Å². The standard InChI is InChI=1S/C12H17ClN2O3/c1-2-12(6-16,7-17)15-11(18)9-5-8(13)3-4-10(9)14/h3-5,16-17H,2,6-7,14H2,1H3,(H,15,18). The first kappa shape index (κ1) is 14.8. The average molecular weight is 273 g/mol. The number of rotatable bonds is 5. The third-order valence-corrected chi connectivity index (χ3v) is 3.16. The van der Waals surface area contributed by atoms with Crippen molar-refractivity contribution >= 4 is 23.2 Å². The van der Waals surface area contributed by atoms with E-state index in [9.17, 15) is 15.0 Å². The molecule has 0 aliphatic heterocycles. The lowest BCUT2D eigenvalue weighted by atomic mass is 9.97. The van der Waals surface area contributed by atoms with Crippen LogP contribution in [0.2, 0.25) is 5.02 Å². The molecular weight excluding hydrogens is 256 g/mol. The van der Waals surface area contributed by atoms with Gasteiger partial charge in [-0.15, -0.1) is 0 Å². The Bertz CT molecular complexity index is 425. The molecule has 18 heavy (non-hydrogen) atoms. The molecule has 5 N–H and O–H groups in total. The molecule has 100 valence electrons. The number of carbonyl (C=O) groups excluding carboxylic acids is 1. The van der Waals surface area contributed by atoms with Gasteiger partial charge in [-0.3, -0.25) is 4.79 Å². The van der Waals surface area contributed by atoms with Gasteiger partial charge in [0.25, 0.3) is 5.91 Å². The monoisotopic (exact) mass is 272 g/mol. The Morgan fingerprint density at radius 3 is 2.56 bits per heavy atom. The van der Waals surface area contributed by atoms with Crippen molar-refractivity contribution in [1.82, 2.24) is 5.32 Å². The Labute approximate surface area is 111 Å². The summed E-state index contributed by atoms with van der Waals surface area (Å²) in [7, 11) is 0. The summed E-state index contributed by atoms with van der Waals surface area (Å²) in [4.78, 5) is 12.0. The zero-order valence-corrected chi connectivity index (χ0v) is 10.9. The normalized spacial score (nSPS) is 11.3. The highest BCUT2D eigenvalue weighted by Crippen LogP contribution is 2.19. The van der Waals surface area contributed by atoms with Crippen LogP contribution in [0.25, 0.3) is 0 Å². The van der Waals surface area contributed by atoms with Gasteiger partial charge in [0.2, 0.25) is 0 Å². The first-order valence-electron chi connectivity index (χ1n) is 5.57. The van der Waals surface area contributed by atoms with Crippen LogP contribution < -0.4 is 11.1 Å². The van der Waals surface area contributed by atoms with Crippen molar-refractivity contribution in [2.75, 3.05) is 18.9 Å². The van der Waals surface area contributed by atoms with Crippen molar-refractivity contribution in [1.29, 1.82) is 0 Å². The first-order valence-corrected chi connectivity index (χ1v) is 5.95. The molecule has 0 aromatic heterocycles. The minimum Gasteiger partial charge on any atom is -0.398 e. The lowest BCUT2D eigenvalue weighted by Crippen LogP contribution is -2.53. The molecule has 0 aliphatic rings. The summed E-state index contributed by atoms with van der Waals surface area (Å²) in [5.74, 6) is -0.472. The van der Waals surface area contributed by atoms with Gasteiger partial charge >= 0.3 is 0 Å². The molecule has 0 saturated heterocycles. The van der Waals surface area contributed by atoms with Gasteiger partial charge in [-0.2, -0.15) is 0 Å². The molecule has 0 radical (unpaired) electrons. The summed E-state index contributed by atoms with van der Waals surface area (Å²) in [5.41, 5.74) is 5.15. The molecule has 5 nitrogen and oxygen atoms in total. The third kappa shape index (κ3) is 3.13. The Hall–Kier alpha value is -1.30. The van der Waals surface area contributed by atoms with Crippen LogP contribution in [-0.4, -0.2) is 34.9 Å². The van der Waals surface area contributed by atoms with Crippen LogP contribution in [0.3, 0.4) is 0 Å². The predicted octanol–water partition coefficient (Wildman–Crippen LogP) is 0.785. The smallest absolute Gasteiger partial charge is 0.254 e. The van der Waals surface area contributed by atoms with Gasteiger partial charge in [0.15, 0.2) is 0 Å². The number of amides is 1. The van der Waals surface area contributed by atoms with Crippen LogP contribution in [0.4, 0.5) is 5.69 Å². The second kappa shape index (κ2) is 6.04. The second-order valence-electron chi connectivity index (χ2n) is 4.14. The number of hydrogen-bond acceptors (Lipinski definition) is 4. The van der Waals surface area contributed by atoms with E-state index in [0.29, 0.717) is 11.4 Å². The van der Waals surface area contributed by atoms with Crippen LogP contribution >= 0.6 is 11.6 Å². The number of nitrogen functional groups attached to an aromatic ring is 1. The van der Waals surface area contributed by atoms with Crippen LogP contribution in [0.1, 0.15) is 23.7 Å². The number of carbonyl (C=O) groups is 1. The van der Waals surface area contributed by atoms with Crippen molar-refractivity contribution in [2.45, 2.75) is 18.9 Å². The molecule has 1 amide bonds. The zero-order valence-electron chi connectivity index (χ0n) is 10.1. The van der Waals surface area contributed by atoms with E-state index in [-0.39, 0.29) is 24.5 Å². The molecule has 0 saturated carbocycles. The van der Waals surface area contributed by atoms with Gasteiger partial charge in [-0.1, -0.05) is 18.5 Å². The molecule has 0 aliphatic carbocycles. The zero-order chi connectivity index (χ0) is 13.8. The second-order valence-corrected chi connectivity index (χ2v) is 4.57. The third-order valence-electron chi connectivity index (χ3n) is 2.92. The largest absolute Gasteiger partial charge is 0.398 e. The Morgan fingerprint density at radius 1 is 1.44 bits per heavy atom. The van der Waals surface area contributed by atoms with Crippen molar-refractivity contribution in [3.05, 3.63) is 28.8 Å². The van der Waals surface area contributed by atoms with Gasteiger partial charge in [0.1, 0.15) is 0 Å². The molecule has 1 aromatic carbocycles. The summed E-state index contributed by atoms with van der Waals surface area (Å²) < 4.78 is 0. The van der Waals surface area contributed by atoms with Crippen LogP contribution in [0.5, 0.6) is 0 Å². The number of hydrogen-bond donors (Lipinski definition) is 4. The van der Waals surface area contributed by atoms with Crippen molar-refractivity contribution in [3.63, 3.8) is 0 Å². The molecule has 0 spiro atoms. The fourth-order valence-corrected chi connectivity index (χ4v) is 1.65. The first-order chi connectivity index (χ1) is 8.48. The molecule has 0 atom stereocenters. The SMILES string of the molecule is CCC(CO)(CO)NC(=O)c1cc(Cl)ccc1N. The fourth-order valence-electron chi connectivity index (χ4n) is 1.47. The van der Waals surface area contributed by atoms with E-state index in [1.165, 1.54) is 12.1 Å². The van der Waals surface area contributed by atoms with Gasteiger partial charge in [-0.25, -0.2) is 0 Å². The number of aliphatic hydroxyl groups excluding tert-OH is 2. The highest BCUT2D eigenvalue weighted by atomic mass is 35.5. The number of aliphatic hydroxyl groups is 2. The van der Waals surface area contributed by atoms with Gasteiger partial charge in [0.05, 0.1) is 24.3 Å². The topological polar surface area (TPSA) is 95.6 Å². The lowest BCUT2D eigenvalue weighted by Gasteiger charge is -2.29. The lowest BCUT2D eigenvalue weighted by molar-refractivity contribution is 0.0653. The molecule has 1 aromatic rings. The summed E-state index contributed by atoms with van der Waals surface area (Å²) >= 11 is 5.80. The molecule has 0 bridgehead atoms. The van der Waals surface area contributed by atoms with E-state index in [4.69, 9.17) is 17.3 Å². The highest BCUT2D eigenvalue weighted by molar-refractivity contribution is 6.31. The van der Waals surface area contributed by atoms with E-state index in [2.05, 4.69) is 5.32 Å². The number of halogens is 1. The molecule has 0 unspecified atom stereocenters. The maximum absolute atomic E-state index is 12.0. The van der Waals surface area contributed by atoms with E-state index in [1.807, 2.05) is 0 Å². The van der Waals surface area contributed by atoms with Gasteiger partial charge in [-0.05, 0) is 24.6 Å². The number of benzene rings is 1. The Balaban J connectivity index is 2.97. The van der Waals surface area contributed by atoms with Crippen LogP contribution in [-0.2, 0) is 0 Å².